The number of carbonyl (C=O) groups excluding carboxylic acids is 1. The van der Waals surface area contributed by atoms with Crippen molar-refractivity contribution < 1.29 is 9.53 Å². The third-order valence-corrected chi connectivity index (χ3v) is 6.62. The molecule has 31 heavy (non-hydrogen) atoms. The minimum absolute atomic E-state index is 0.0908. The number of rotatable bonds is 8. The number of nitrogens with one attached hydrogen (secondary N) is 1. The summed E-state index contributed by atoms with van der Waals surface area (Å²) in [5.74, 6) is 1.49. The largest absolute Gasteiger partial charge is 0.415 e. The summed E-state index contributed by atoms with van der Waals surface area (Å²) in [7, 11) is 2.21. The molecule has 1 heterocycles. The SMILES string of the molecule is CC(C)N(C(=O)Oc1cccc2c(CN(C)CCC3CCCCCC3)c[nH]c12)C(C)C. The lowest BCUT2D eigenvalue weighted by molar-refractivity contribution is 0.123. The fourth-order valence-corrected chi connectivity index (χ4v) is 4.99. The molecule has 1 fully saturated rings. The van der Waals surface area contributed by atoms with Crippen molar-refractivity contribution in [1.82, 2.24) is 14.8 Å². The highest BCUT2D eigenvalue weighted by molar-refractivity contribution is 5.90. The van der Waals surface area contributed by atoms with Gasteiger partial charge in [-0.1, -0.05) is 50.7 Å². The van der Waals surface area contributed by atoms with Crippen molar-refractivity contribution in [3.8, 4) is 5.75 Å². The number of hydrogen-bond acceptors (Lipinski definition) is 3. The maximum Gasteiger partial charge on any atom is 0.415 e. The number of amides is 1. The van der Waals surface area contributed by atoms with Crippen molar-refractivity contribution in [1.29, 1.82) is 0 Å². The van der Waals surface area contributed by atoms with Crippen LogP contribution in [0.2, 0.25) is 0 Å². The molecule has 2 aromatic rings. The highest BCUT2D eigenvalue weighted by Crippen LogP contribution is 2.29. The van der Waals surface area contributed by atoms with E-state index in [2.05, 4.69) is 29.2 Å². The molecule has 1 saturated carbocycles. The Labute approximate surface area is 188 Å². The molecular weight excluding hydrogens is 386 g/mol. The van der Waals surface area contributed by atoms with Crippen LogP contribution in [-0.2, 0) is 6.54 Å². The van der Waals surface area contributed by atoms with Gasteiger partial charge in [0.05, 0.1) is 5.52 Å². The number of para-hydroxylation sites is 1. The molecule has 0 bridgehead atoms. The zero-order valence-corrected chi connectivity index (χ0v) is 20.1. The van der Waals surface area contributed by atoms with Crippen LogP contribution in [0.25, 0.3) is 10.9 Å². The topological polar surface area (TPSA) is 48.6 Å². The van der Waals surface area contributed by atoms with Crippen molar-refractivity contribution >= 4 is 17.0 Å². The molecule has 172 valence electrons. The number of carbonyl (C=O) groups is 1. The Kier molecular flexibility index (Phi) is 8.42. The molecule has 1 aliphatic rings. The van der Waals surface area contributed by atoms with E-state index in [0.717, 1.165) is 29.9 Å². The van der Waals surface area contributed by atoms with E-state index in [1.54, 1.807) is 4.90 Å². The number of H-pyrrole nitrogens is 1. The van der Waals surface area contributed by atoms with Gasteiger partial charge in [-0.15, -0.1) is 0 Å². The van der Waals surface area contributed by atoms with Crippen molar-refractivity contribution in [2.45, 2.75) is 91.3 Å². The van der Waals surface area contributed by atoms with Gasteiger partial charge in [-0.2, -0.15) is 0 Å². The first-order valence-electron chi connectivity index (χ1n) is 12.1. The predicted octanol–water partition coefficient (Wildman–Crippen LogP) is 6.58. The van der Waals surface area contributed by atoms with Crippen LogP contribution in [-0.4, -0.2) is 46.6 Å². The van der Waals surface area contributed by atoms with Crippen LogP contribution in [0.3, 0.4) is 0 Å². The van der Waals surface area contributed by atoms with Crippen LogP contribution < -0.4 is 4.74 Å². The standard InChI is InChI=1S/C26H41N3O2/c1-19(2)29(20(3)4)26(30)31-24-14-10-13-23-22(17-27-25(23)24)18-28(5)16-15-21-11-8-6-7-9-12-21/h10,13-14,17,19-21,27H,6-9,11-12,15-16,18H2,1-5H3. The van der Waals surface area contributed by atoms with Gasteiger partial charge in [-0.25, -0.2) is 4.79 Å². The molecule has 1 N–H and O–H groups in total. The summed E-state index contributed by atoms with van der Waals surface area (Å²) in [5, 5.41) is 1.13. The fraction of sp³-hybridized carbons (Fsp3) is 0.654. The van der Waals surface area contributed by atoms with Crippen LogP contribution in [0.1, 0.15) is 78.2 Å². The Morgan fingerprint density at radius 2 is 1.77 bits per heavy atom. The molecule has 0 saturated heterocycles. The zero-order valence-electron chi connectivity index (χ0n) is 20.1. The highest BCUT2D eigenvalue weighted by Gasteiger charge is 2.23. The Balaban J connectivity index is 1.65. The average molecular weight is 428 g/mol. The van der Waals surface area contributed by atoms with Gasteiger partial charge in [0.2, 0.25) is 0 Å². The molecule has 0 unspecified atom stereocenters. The van der Waals surface area contributed by atoms with Crippen LogP contribution in [0.5, 0.6) is 5.75 Å². The molecule has 3 rings (SSSR count). The second kappa shape index (κ2) is 11.0. The molecule has 0 atom stereocenters. The lowest BCUT2D eigenvalue weighted by Gasteiger charge is -2.29. The van der Waals surface area contributed by atoms with Gasteiger partial charge in [0, 0.05) is 30.2 Å². The monoisotopic (exact) mass is 427 g/mol. The van der Waals surface area contributed by atoms with E-state index >= 15 is 0 Å². The number of fused-ring (bicyclic) bond motifs is 1. The van der Waals surface area contributed by atoms with E-state index in [1.807, 2.05) is 39.8 Å². The molecule has 1 aromatic heterocycles. The summed E-state index contributed by atoms with van der Waals surface area (Å²) < 4.78 is 5.81. The minimum atomic E-state index is -0.297. The average Bonchev–Trinajstić information content (AvgIpc) is 2.93. The van der Waals surface area contributed by atoms with Gasteiger partial charge in [0.25, 0.3) is 0 Å². The van der Waals surface area contributed by atoms with Gasteiger partial charge in [-0.3, -0.25) is 0 Å². The minimum Gasteiger partial charge on any atom is -0.408 e. The maximum atomic E-state index is 12.8. The second-order valence-electron chi connectivity index (χ2n) is 9.84. The summed E-state index contributed by atoms with van der Waals surface area (Å²) in [6.45, 7) is 10.1. The third-order valence-electron chi connectivity index (χ3n) is 6.62. The van der Waals surface area contributed by atoms with E-state index in [4.69, 9.17) is 4.74 Å². The fourth-order valence-electron chi connectivity index (χ4n) is 4.99. The van der Waals surface area contributed by atoms with Crippen LogP contribution >= 0.6 is 0 Å². The number of benzene rings is 1. The summed E-state index contributed by atoms with van der Waals surface area (Å²) in [4.78, 5) is 20.3. The van der Waals surface area contributed by atoms with Gasteiger partial charge in [0.1, 0.15) is 0 Å². The molecule has 1 aliphatic carbocycles. The molecule has 0 radical (unpaired) electrons. The third kappa shape index (κ3) is 6.25. The Bertz CT molecular complexity index is 826. The first kappa shape index (κ1) is 23.6. The van der Waals surface area contributed by atoms with Crippen LogP contribution in [0, 0.1) is 5.92 Å². The smallest absolute Gasteiger partial charge is 0.408 e. The summed E-state index contributed by atoms with van der Waals surface area (Å²) in [6.07, 6.45) is 11.5. The van der Waals surface area contributed by atoms with Crippen molar-refractivity contribution in [3.05, 3.63) is 30.0 Å². The zero-order chi connectivity index (χ0) is 22.4. The number of hydrogen-bond donors (Lipinski definition) is 1. The number of aromatic nitrogens is 1. The summed E-state index contributed by atoms with van der Waals surface area (Å²) in [5.41, 5.74) is 2.15. The van der Waals surface area contributed by atoms with Crippen molar-refractivity contribution in [3.63, 3.8) is 0 Å². The Hall–Kier alpha value is -2.01. The lowest BCUT2D eigenvalue weighted by Crippen LogP contribution is -2.43. The van der Waals surface area contributed by atoms with E-state index < -0.39 is 0 Å². The van der Waals surface area contributed by atoms with Crippen molar-refractivity contribution in [2.75, 3.05) is 13.6 Å². The molecule has 1 amide bonds. The number of ether oxygens (including phenoxy) is 1. The first-order valence-corrected chi connectivity index (χ1v) is 12.1. The molecule has 0 spiro atoms. The van der Waals surface area contributed by atoms with Gasteiger partial charge >= 0.3 is 6.09 Å². The van der Waals surface area contributed by atoms with E-state index in [-0.39, 0.29) is 18.2 Å². The molecular formula is C26H41N3O2. The first-order chi connectivity index (χ1) is 14.9. The van der Waals surface area contributed by atoms with E-state index in [1.165, 1.54) is 50.5 Å². The maximum absolute atomic E-state index is 12.8. The molecule has 5 nitrogen and oxygen atoms in total. The summed E-state index contributed by atoms with van der Waals surface area (Å²) in [6, 6.07) is 6.14. The molecule has 1 aromatic carbocycles. The normalized spacial score (nSPS) is 15.7. The van der Waals surface area contributed by atoms with Gasteiger partial charge < -0.3 is 19.5 Å². The highest BCUT2D eigenvalue weighted by atomic mass is 16.6. The van der Waals surface area contributed by atoms with Crippen LogP contribution in [0.15, 0.2) is 24.4 Å². The van der Waals surface area contributed by atoms with E-state index in [0.29, 0.717) is 5.75 Å². The van der Waals surface area contributed by atoms with E-state index in [9.17, 15) is 4.79 Å². The predicted molar refractivity (Wildman–Crippen MR) is 129 cm³/mol. The number of aromatic amines is 1. The van der Waals surface area contributed by atoms with Crippen LogP contribution in [0.4, 0.5) is 4.79 Å². The molecule has 0 aliphatic heterocycles. The second-order valence-corrected chi connectivity index (χ2v) is 9.84. The Morgan fingerprint density at radius 3 is 2.42 bits per heavy atom. The number of nitrogens with zero attached hydrogens (tertiary/aromatic N) is 2. The molecule has 5 heteroatoms. The summed E-state index contributed by atoms with van der Waals surface area (Å²) >= 11 is 0. The van der Waals surface area contributed by atoms with Gasteiger partial charge in [0.15, 0.2) is 5.75 Å². The van der Waals surface area contributed by atoms with Crippen molar-refractivity contribution in [2.24, 2.45) is 5.92 Å². The van der Waals surface area contributed by atoms with Gasteiger partial charge in [-0.05, 0) is 65.3 Å². The quantitative estimate of drug-likeness (QED) is 0.484. The lowest BCUT2D eigenvalue weighted by atomic mass is 9.96. The Morgan fingerprint density at radius 1 is 1.10 bits per heavy atom.